The predicted octanol–water partition coefficient (Wildman–Crippen LogP) is 6.50. The van der Waals surface area contributed by atoms with Gasteiger partial charge in [0.25, 0.3) is 0 Å². The molecule has 2 heterocycles. The van der Waals surface area contributed by atoms with E-state index in [4.69, 9.17) is 9.47 Å². The van der Waals surface area contributed by atoms with Crippen LogP contribution >= 0.6 is 0 Å². The monoisotopic (exact) mass is 340 g/mol. The van der Waals surface area contributed by atoms with Gasteiger partial charge in [-0.15, -0.1) is 0 Å². The third kappa shape index (κ3) is 3.94. The first-order chi connectivity index (χ1) is 11.8. The van der Waals surface area contributed by atoms with Gasteiger partial charge in [0.1, 0.15) is 22.7 Å². The van der Waals surface area contributed by atoms with Gasteiger partial charge in [-0.3, -0.25) is 0 Å². The summed E-state index contributed by atoms with van der Waals surface area (Å²) in [5.41, 5.74) is 2.46. The highest BCUT2D eigenvalue weighted by atomic mass is 16.5. The second-order valence-corrected chi connectivity index (χ2v) is 8.45. The highest BCUT2D eigenvalue weighted by Crippen LogP contribution is 2.49. The topological polar surface area (TPSA) is 18.5 Å². The molecule has 2 aliphatic rings. The molecule has 1 atom stereocenters. The molecular formula is C23H32O2. The molecule has 3 rings (SSSR count). The largest absolute Gasteiger partial charge is 0.492 e. The van der Waals surface area contributed by atoms with E-state index in [9.17, 15) is 0 Å². The molecule has 2 aliphatic heterocycles. The minimum Gasteiger partial charge on any atom is -0.492 e. The highest BCUT2D eigenvalue weighted by Gasteiger charge is 2.43. The molecular weight excluding hydrogens is 308 g/mol. The smallest absolute Gasteiger partial charge is 0.114 e. The van der Waals surface area contributed by atoms with Gasteiger partial charge in [0.15, 0.2) is 0 Å². The van der Waals surface area contributed by atoms with Crippen molar-refractivity contribution in [1.82, 2.24) is 0 Å². The molecule has 0 aromatic heterocycles. The fourth-order valence-electron chi connectivity index (χ4n) is 4.33. The summed E-state index contributed by atoms with van der Waals surface area (Å²) >= 11 is 0. The van der Waals surface area contributed by atoms with Gasteiger partial charge in [-0.1, -0.05) is 37.3 Å². The third-order valence-electron chi connectivity index (χ3n) is 5.40. The maximum Gasteiger partial charge on any atom is 0.114 e. The summed E-state index contributed by atoms with van der Waals surface area (Å²) < 4.78 is 12.8. The van der Waals surface area contributed by atoms with Gasteiger partial charge in [0.2, 0.25) is 0 Å². The summed E-state index contributed by atoms with van der Waals surface area (Å²) in [5.74, 6) is 2.51. The van der Waals surface area contributed by atoms with Crippen molar-refractivity contribution in [2.75, 3.05) is 0 Å². The van der Waals surface area contributed by atoms with E-state index < -0.39 is 0 Å². The fraction of sp³-hybridized carbons (Fsp3) is 0.565. The van der Waals surface area contributed by atoms with E-state index in [0.717, 1.165) is 37.2 Å². The lowest BCUT2D eigenvalue weighted by atomic mass is 9.79. The Bertz CT molecular complexity index is 665. The lowest BCUT2D eigenvalue weighted by Crippen LogP contribution is -2.28. The van der Waals surface area contributed by atoms with Crippen LogP contribution in [0.25, 0.3) is 0 Å². The summed E-state index contributed by atoms with van der Waals surface area (Å²) in [6.45, 7) is 11.0. The summed E-state index contributed by atoms with van der Waals surface area (Å²) in [4.78, 5) is 0. The molecule has 0 saturated heterocycles. The molecule has 136 valence electrons. The van der Waals surface area contributed by atoms with Crippen molar-refractivity contribution in [3.05, 3.63) is 59.1 Å². The summed E-state index contributed by atoms with van der Waals surface area (Å²) in [5, 5.41) is 0. The number of hydrogen-bond acceptors (Lipinski definition) is 2. The molecule has 0 aliphatic carbocycles. The maximum atomic E-state index is 6.49. The molecule has 0 saturated carbocycles. The van der Waals surface area contributed by atoms with Crippen LogP contribution in [0.15, 0.2) is 53.5 Å². The number of allylic oxidation sites excluding steroid dienone is 1. The van der Waals surface area contributed by atoms with Crippen LogP contribution in [-0.2, 0) is 9.47 Å². The Morgan fingerprint density at radius 2 is 1.76 bits per heavy atom. The molecule has 0 amide bonds. The van der Waals surface area contributed by atoms with Gasteiger partial charge in [-0.2, -0.15) is 0 Å². The van der Waals surface area contributed by atoms with Gasteiger partial charge in [0, 0.05) is 5.92 Å². The van der Waals surface area contributed by atoms with E-state index in [1.54, 1.807) is 0 Å². The van der Waals surface area contributed by atoms with Crippen molar-refractivity contribution >= 4 is 0 Å². The molecule has 2 nitrogen and oxygen atoms in total. The van der Waals surface area contributed by atoms with Crippen LogP contribution in [0.1, 0.15) is 78.2 Å². The predicted molar refractivity (Wildman–Crippen MR) is 103 cm³/mol. The molecule has 25 heavy (non-hydrogen) atoms. The molecule has 2 heteroatoms. The third-order valence-corrected chi connectivity index (χ3v) is 5.40. The number of rotatable bonds is 4. The van der Waals surface area contributed by atoms with E-state index in [1.165, 1.54) is 17.6 Å². The van der Waals surface area contributed by atoms with Crippen molar-refractivity contribution in [3.8, 4) is 0 Å². The summed E-state index contributed by atoms with van der Waals surface area (Å²) in [6, 6.07) is 10.8. The zero-order valence-corrected chi connectivity index (χ0v) is 16.4. The fourth-order valence-corrected chi connectivity index (χ4v) is 4.33. The second kappa shape index (κ2) is 6.90. The molecule has 1 aromatic carbocycles. The Kier molecular flexibility index (Phi) is 4.99. The Morgan fingerprint density at radius 1 is 1.04 bits per heavy atom. The lowest BCUT2D eigenvalue weighted by molar-refractivity contribution is 0.0138. The number of hydrogen-bond donors (Lipinski definition) is 0. The summed E-state index contributed by atoms with van der Waals surface area (Å²) in [6.07, 6.45) is 7.44. The number of benzene rings is 1. The average molecular weight is 341 g/mol. The zero-order chi connectivity index (χ0) is 18.1. The van der Waals surface area contributed by atoms with Crippen molar-refractivity contribution in [2.45, 2.75) is 83.8 Å². The standard InChI is InChI=1S/C23H32O2/c1-6-19-20(16-18-14-10-11-15-22(2,3)24-18)25-23(4,5)21(19)17-12-8-7-9-13-17/h7-9,12-14,21H,6,10-11,15-16H2,1-5H3. The van der Waals surface area contributed by atoms with Crippen molar-refractivity contribution in [1.29, 1.82) is 0 Å². The highest BCUT2D eigenvalue weighted by molar-refractivity contribution is 5.38. The van der Waals surface area contributed by atoms with Crippen LogP contribution in [0.3, 0.4) is 0 Å². The molecule has 1 aromatic rings. The van der Waals surface area contributed by atoms with E-state index in [0.29, 0.717) is 5.92 Å². The zero-order valence-electron chi connectivity index (χ0n) is 16.4. The first-order valence-electron chi connectivity index (χ1n) is 9.66. The first kappa shape index (κ1) is 18.1. The van der Waals surface area contributed by atoms with Gasteiger partial charge >= 0.3 is 0 Å². The quantitative estimate of drug-likeness (QED) is 0.623. The van der Waals surface area contributed by atoms with Crippen LogP contribution < -0.4 is 0 Å². The SMILES string of the molecule is CCC1=C(CC2=CCCCC(C)(C)O2)OC(C)(C)C1c1ccccc1. The van der Waals surface area contributed by atoms with Crippen molar-refractivity contribution in [2.24, 2.45) is 0 Å². The van der Waals surface area contributed by atoms with Crippen molar-refractivity contribution in [3.63, 3.8) is 0 Å². The first-order valence-corrected chi connectivity index (χ1v) is 9.66. The van der Waals surface area contributed by atoms with Gasteiger partial charge in [0.05, 0.1) is 6.42 Å². The normalized spacial score (nSPS) is 25.0. The molecule has 0 N–H and O–H groups in total. The Hall–Kier alpha value is -1.70. The molecule has 0 bridgehead atoms. The molecule has 0 radical (unpaired) electrons. The van der Waals surface area contributed by atoms with Crippen LogP contribution in [0, 0.1) is 0 Å². The maximum absolute atomic E-state index is 6.49. The Balaban J connectivity index is 1.90. The Morgan fingerprint density at radius 3 is 2.44 bits per heavy atom. The van der Waals surface area contributed by atoms with Gasteiger partial charge < -0.3 is 9.47 Å². The molecule has 0 spiro atoms. The van der Waals surface area contributed by atoms with Gasteiger partial charge in [-0.05, 0) is 70.6 Å². The van der Waals surface area contributed by atoms with Crippen LogP contribution in [0.2, 0.25) is 0 Å². The van der Waals surface area contributed by atoms with Crippen LogP contribution in [0.4, 0.5) is 0 Å². The minimum absolute atomic E-state index is 0.0811. The molecule has 0 fully saturated rings. The van der Waals surface area contributed by atoms with Crippen LogP contribution in [0.5, 0.6) is 0 Å². The number of ether oxygens (including phenoxy) is 2. The molecule has 1 unspecified atom stereocenters. The average Bonchev–Trinajstić information content (AvgIpc) is 2.68. The van der Waals surface area contributed by atoms with E-state index in [1.807, 2.05) is 0 Å². The van der Waals surface area contributed by atoms with E-state index >= 15 is 0 Å². The van der Waals surface area contributed by atoms with Crippen LogP contribution in [-0.4, -0.2) is 11.2 Å². The second-order valence-electron chi connectivity index (χ2n) is 8.45. The minimum atomic E-state index is -0.219. The lowest BCUT2D eigenvalue weighted by Gasteiger charge is -2.29. The van der Waals surface area contributed by atoms with E-state index in [2.05, 4.69) is 71.0 Å². The van der Waals surface area contributed by atoms with Gasteiger partial charge in [-0.25, -0.2) is 0 Å². The van der Waals surface area contributed by atoms with E-state index in [-0.39, 0.29) is 11.2 Å². The van der Waals surface area contributed by atoms with Crippen molar-refractivity contribution < 1.29 is 9.47 Å². The summed E-state index contributed by atoms with van der Waals surface area (Å²) in [7, 11) is 0. The Labute approximate surface area is 152 Å².